The van der Waals surface area contributed by atoms with Crippen molar-refractivity contribution >= 4 is 17.6 Å². The molecule has 0 saturated carbocycles. The van der Waals surface area contributed by atoms with E-state index in [0.717, 1.165) is 34.5 Å². The van der Waals surface area contributed by atoms with Crippen molar-refractivity contribution in [3.8, 4) is 5.75 Å². The standard InChI is InChI=1S/C29H27N5O/c30-28-32-27(24-15-9-16-25(19-24)35-20-22-12-5-2-6-13-22)34(29(31)33-28)26-17-8-7-14-23(26)18-21-10-3-1-4-11-21/h1-17,19,27H,18,20H2,(H4,30,31,32,33). The molecule has 1 unspecified atom stereocenters. The van der Waals surface area contributed by atoms with Gasteiger partial charge in [0.05, 0.1) is 0 Å². The van der Waals surface area contributed by atoms with Crippen LogP contribution in [-0.2, 0) is 13.0 Å². The van der Waals surface area contributed by atoms with Crippen LogP contribution in [0.15, 0.2) is 119 Å². The number of para-hydroxylation sites is 1. The van der Waals surface area contributed by atoms with Crippen molar-refractivity contribution < 1.29 is 4.74 Å². The summed E-state index contributed by atoms with van der Waals surface area (Å²) < 4.78 is 6.06. The van der Waals surface area contributed by atoms with Crippen molar-refractivity contribution in [2.45, 2.75) is 19.2 Å². The molecule has 0 fully saturated rings. The summed E-state index contributed by atoms with van der Waals surface area (Å²) in [6.07, 6.45) is 0.289. The van der Waals surface area contributed by atoms with Crippen molar-refractivity contribution in [3.63, 3.8) is 0 Å². The first-order chi connectivity index (χ1) is 17.2. The summed E-state index contributed by atoms with van der Waals surface area (Å²) in [5, 5.41) is 0. The van der Waals surface area contributed by atoms with E-state index in [4.69, 9.17) is 16.2 Å². The number of nitrogens with two attached hydrogens (primary N) is 2. The normalized spacial score (nSPS) is 15.3. The first-order valence-corrected chi connectivity index (χ1v) is 11.5. The SMILES string of the molecule is NC1=NC(c2cccc(OCc3ccccc3)c2)N(c2ccccc2Cc2ccccc2)C(N)=N1. The zero-order valence-corrected chi connectivity index (χ0v) is 19.3. The summed E-state index contributed by atoms with van der Waals surface area (Å²) in [4.78, 5) is 10.9. The minimum absolute atomic E-state index is 0.153. The molecule has 0 saturated heterocycles. The molecule has 6 nitrogen and oxygen atoms in total. The molecule has 0 aromatic heterocycles. The Morgan fingerprint density at radius 3 is 2.20 bits per heavy atom. The zero-order chi connectivity index (χ0) is 24.0. The van der Waals surface area contributed by atoms with Crippen molar-refractivity contribution in [1.29, 1.82) is 0 Å². The van der Waals surface area contributed by atoms with Crippen LogP contribution in [0.3, 0.4) is 0 Å². The van der Waals surface area contributed by atoms with E-state index in [1.54, 1.807) is 0 Å². The van der Waals surface area contributed by atoms with Gasteiger partial charge in [-0.1, -0.05) is 91.0 Å². The van der Waals surface area contributed by atoms with Gasteiger partial charge in [0.15, 0.2) is 6.17 Å². The van der Waals surface area contributed by atoms with Gasteiger partial charge in [0.2, 0.25) is 11.9 Å². The fraction of sp³-hybridized carbons (Fsp3) is 0.103. The van der Waals surface area contributed by atoms with Crippen molar-refractivity contribution in [2.75, 3.05) is 4.90 Å². The Balaban J connectivity index is 1.47. The minimum Gasteiger partial charge on any atom is -0.489 e. The molecule has 0 amide bonds. The maximum atomic E-state index is 6.45. The van der Waals surface area contributed by atoms with E-state index in [9.17, 15) is 0 Å². The van der Waals surface area contributed by atoms with E-state index in [1.807, 2.05) is 95.9 Å². The molecule has 0 bridgehead atoms. The van der Waals surface area contributed by atoms with Crippen molar-refractivity contribution in [2.24, 2.45) is 21.5 Å². The number of aliphatic imine (C=N–C) groups is 2. The van der Waals surface area contributed by atoms with Crippen LogP contribution >= 0.6 is 0 Å². The largest absolute Gasteiger partial charge is 0.489 e. The highest BCUT2D eigenvalue weighted by Gasteiger charge is 2.29. The van der Waals surface area contributed by atoms with Gasteiger partial charge in [0, 0.05) is 11.3 Å². The first-order valence-electron chi connectivity index (χ1n) is 11.5. The molecule has 1 heterocycles. The van der Waals surface area contributed by atoms with Crippen LogP contribution in [0.25, 0.3) is 0 Å². The molecule has 0 aliphatic carbocycles. The second-order valence-corrected chi connectivity index (χ2v) is 8.34. The van der Waals surface area contributed by atoms with Crippen molar-refractivity contribution in [1.82, 2.24) is 0 Å². The number of anilines is 1. The number of guanidine groups is 2. The molecule has 4 aromatic rings. The number of benzene rings is 4. The number of hydrogen-bond acceptors (Lipinski definition) is 6. The second-order valence-electron chi connectivity index (χ2n) is 8.34. The number of hydrogen-bond donors (Lipinski definition) is 2. The monoisotopic (exact) mass is 461 g/mol. The van der Waals surface area contributed by atoms with Crippen LogP contribution in [0, 0.1) is 0 Å². The third-order valence-electron chi connectivity index (χ3n) is 5.87. The lowest BCUT2D eigenvalue weighted by Gasteiger charge is -2.34. The van der Waals surface area contributed by atoms with Crippen LogP contribution in [0.5, 0.6) is 5.75 Å². The third-order valence-corrected chi connectivity index (χ3v) is 5.87. The average molecular weight is 462 g/mol. The van der Waals surface area contributed by atoms with E-state index >= 15 is 0 Å². The van der Waals surface area contributed by atoms with E-state index in [0.29, 0.717) is 12.6 Å². The molecule has 1 atom stereocenters. The predicted octanol–water partition coefficient (Wildman–Crippen LogP) is 5.00. The van der Waals surface area contributed by atoms with E-state index < -0.39 is 6.17 Å². The van der Waals surface area contributed by atoms with Crippen LogP contribution in [0.1, 0.15) is 28.4 Å². The lowest BCUT2D eigenvalue weighted by atomic mass is 10.0. The fourth-order valence-corrected chi connectivity index (χ4v) is 4.20. The Hall–Kier alpha value is -4.58. The van der Waals surface area contributed by atoms with E-state index in [1.165, 1.54) is 5.56 Å². The summed E-state index contributed by atoms with van der Waals surface area (Å²) in [7, 11) is 0. The van der Waals surface area contributed by atoms with Gasteiger partial charge in [-0.15, -0.1) is 0 Å². The van der Waals surface area contributed by atoms with Crippen LogP contribution in [0.4, 0.5) is 5.69 Å². The summed E-state index contributed by atoms with van der Waals surface area (Å²) in [6, 6.07) is 36.5. The van der Waals surface area contributed by atoms with Crippen LogP contribution in [-0.4, -0.2) is 11.9 Å². The molecule has 1 aliphatic heterocycles. The Kier molecular flexibility index (Phi) is 6.44. The van der Waals surface area contributed by atoms with Gasteiger partial charge in [0.1, 0.15) is 12.4 Å². The highest BCUT2D eigenvalue weighted by atomic mass is 16.5. The quantitative estimate of drug-likeness (QED) is 0.405. The second kappa shape index (κ2) is 10.1. The van der Waals surface area contributed by atoms with Crippen molar-refractivity contribution in [3.05, 3.63) is 131 Å². The minimum atomic E-state index is -0.468. The van der Waals surface area contributed by atoms with Gasteiger partial charge in [-0.25, -0.2) is 4.99 Å². The number of nitrogens with zero attached hydrogens (tertiary/aromatic N) is 3. The molecule has 5 rings (SSSR count). The van der Waals surface area contributed by atoms with Gasteiger partial charge in [-0.05, 0) is 41.3 Å². The van der Waals surface area contributed by atoms with Crippen LogP contribution in [0.2, 0.25) is 0 Å². The maximum Gasteiger partial charge on any atom is 0.221 e. The fourth-order valence-electron chi connectivity index (χ4n) is 4.20. The van der Waals surface area contributed by atoms with E-state index in [-0.39, 0.29) is 5.96 Å². The summed E-state index contributed by atoms with van der Waals surface area (Å²) in [5.41, 5.74) is 17.8. The topological polar surface area (TPSA) is 89.2 Å². The van der Waals surface area contributed by atoms with Gasteiger partial charge < -0.3 is 16.2 Å². The Morgan fingerprint density at radius 2 is 1.43 bits per heavy atom. The summed E-state index contributed by atoms with van der Waals surface area (Å²) >= 11 is 0. The molecule has 6 heteroatoms. The molecule has 174 valence electrons. The lowest BCUT2D eigenvalue weighted by Crippen LogP contribution is -2.44. The van der Waals surface area contributed by atoms with Gasteiger partial charge in [0.25, 0.3) is 0 Å². The Labute approximate surface area is 205 Å². The Morgan fingerprint density at radius 1 is 0.743 bits per heavy atom. The molecular weight excluding hydrogens is 434 g/mol. The molecule has 0 radical (unpaired) electrons. The highest BCUT2D eigenvalue weighted by molar-refractivity contribution is 6.05. The highest BCUT2D eigenvalue weighted by Crippen LogP contribution is 2.34. The predicted molar refractivity (Wildman–Crippen MR) is 141 cm³/mol. The molecular formula is C29H27N5O. The van der Waals surface area contributed by atoms with Gasteiger partial charge in [-0.2, -0.15) is 4.99 Å². The van der Waals surface area contributed by atoms with Crippen LogP contribution < -0.4 is 21.1 Å². The maximum absolute atomic E-state index is 6.45. The number of ether oxygens (including phenoxy) is 1. The van der Waals surface area contributed by atoms with Gasteiger partial charge in [-0.3, -0.25) is 4.90 Å². The first kappa shape index (κ1) is 22.2. The summed E-state index contributed by atoms with van der Waals surface area (Å²) in [5.74, 6) is 1.21. The molecule has 4 aromatic carbocycles. The third kappa shape index (κ3) is 5.17. The lowest BCUT2D eigenvalue weighted by molar-refractivity contribution is 0.305. The molecule has 4 N–H and O–H groups in total. The zero-order valence-electron chi connectivity index (χ0n) is 19.3. The average Bonchev–Trinajstić information content (AvgIpc) is 2.89. The summed E-state index contributed by atoms with van der Waals surface area (Å²) in [6.45, 7) is 0.480. The molecule has 0 spiro atoms. The van der Waals surface area contributed by atoms with E-state index in [2.05, 4.69) is 28.2 Å². The smallest absolute Gasteiger partial charge is 0.221 e. The Bertz CT molecular complexity index is 1350. The number of rotatable bonds is 7. The molecule has 35 heavy (non-hydrogen) atoms. The van der Waals surface area contributed by atoms with Gasteiger partial charge >= 0.3 is 0 Å². The molecule has 1 aliphatic rings.